The van der Waals surface area contributed by atoms with Crippen molar-refractivity contribution in [2.75, 3.05) is 0 Å². The molecule has 22 heavy (non-hydrogen) atoms. The second-order valence-corrected chi connectivity index (χ2v) is 4.42. The van der Waals surface area contributed by atoms with Crippen LogP contribution in [0.4, 0.5) is 5.95 Å². The predicted molar refractivity (Wildman–Crippen MR) is 75.0 cm³/mol. The Labute approximate surface area is 124 Å². The van der Waals surface area contributed by atoms with E-state index >= 15 is 0 Å². The number of carbonyl (C=O) groups excluding carboxylic acids is 1. The maximum absolute atomic E-state index is 11.6. The summed E-state index contributed by atoms with van der Waals surface area (Å²) < 4.78 is 2.92. The normalized spacial score (nSPS) is 11.0. The number of hydrogen-bond acceptors (Lipinski definition) is 7. The molecule has 0 bridgehead atoms. The van der Waals surface area contributed by atoms with E-state index in [1.165, 1.54) is 17.2 Å². The molecule has 0 fully saturated rings. The highest BCUT2D eigenvalue weighted by Gasteiger charge is 2.13. The van der Waals surface area contributed by atoms with Crippen molar-refractivity contribution in [1.82, 2.24) is 30.0 Å². The fourth-order valence-electron chi connectivity index (χ4n) is 1.56. The van der Waals surface area contributed by atoms with Gasteiger partial charge in [0.25, 0.3) is 0 Å². The molecule has 1 N–H and O–H groups in total. The Morgan fingerprint density at radius 2 is 2.36 bits per heavy atom. The number of aromatic nitrogens is 5. The number of nitro groups is 1. The van der Waals surface area contributed by atoms with Gasteiger partial charge in [-0.2, -0.15) is 14.9 Å². The zero-order valence-electron chi connectivity index (χ0n) is 12.0. The average Bonchev–Trinajstić information content (AvgIpc) is 3.07. The molecule has 11 heteroatoms. The zero-order valence-corrected chi connectivity index (χ0v) is 12.0. The number of hydrazone groups is 1. The maximum Gasteiger partial charge on any atom is 0.490 e. The van der Waals surface area contributed by atoms with Crippen LogP contribution in [-0.4, -0.2) is 41.6 Å². The third kappa shape index (κ3) is 3.71. The molecule has 0 aromatic carbocycles. The first-order chi connectivity index (χ1) is 10.5. The molecule has 2 heterocycles. The van der Waals surface area contributed by atoms with Crippen LogP contribution in [-0.2, 0) is 18.4 Å². The molecule has 0 saturated heterocycles. The second-order valence-electron chi connectivity index (χ2n) is 4.42. The smallest absolute Gasteiger partial charge is 0.390 e. The van der Waals surface area contributed by atoms with Crippen LogP contribution in [0.2, 0.25) is 0 Å². The number of carbonyl (C=O) groups is 1. The summed E-state index contributed by atoms with van der Waals surface area (Å²) in [6.07, 6.45) is 4.41. The number of hydrogen-bond donors (Lipinski definition) is 1. The van der Waals surface area contributed by atoms with Gasteiger partial charge in [-0.05, 0) is 11.8 Å². The van der Waals surface area contributed by atoms with Crippen LogP contribution < -0.4 is 5.43 Å². The molecule has 1 amide bonds. The Balaban J connectivity index is 1.80. The molecule has 0 spiro atoms. The molecular weight excluding hydrogens is 292 g/mol. The Morgan fingerprint density at radius 3 is 2.95 bits per heavy atom. The van der Waals surface area contributed by atoms with Gasteiger partial charge in [0.15, 0.2) is 0 Å². The third-order valence-corrected chi connectivity index (χ3v) is 2.92. The summed E-state index contributed by atoms with van der Waals surface area (Å²) in [6.45, 7) is 2.06. The van der Waals surface area contributed by atoms with Crippen LogP contribution >= 0.6 is 0 Å². The molecule has 2 aromatic rings. The number of amides is 1. The van der Waals surface area contributed by atoms with E-state index in [4.69, 9.17) is 0 Å². The lowest BCUT2D eigenvalue weighted by molar-refractivity contribution is -0.394. The van der Waals surface area contributed by atoms with Crippen molar-refractivity contribution >= 4 is 18.1 Å². The van der Waals surface area contributed by atoms with Gasteiger partial charge in [0.05, 0.1) is 19.0 Å². The van der Waals surface area contributed by atoms with Crippen molar-refractivity contribution in [3.8, 4) is 0 Å². The number of nitrogens with zero attached hydrogens (tertiary/aromatic N) is 7. The first-order valence-electron chi connectivity index (χ1n) is 6.31. The summed E-state index contributed by atoms with van der Waals surface area (Å²) >= 11 is 0. The molecule has 0 aliphatic carbocycles. The monoisotopic (exact) mass is 306 g/mol. The zero-order chi connectivity index (χ0) is 16.1. The van der Waals surface area contributed by atoms with E-state index in [0.29, 0.717) is 0 Å². The summed E-state index contributed by atoms with van der Waals surface area (Å²) in [7, 11) is 1.81. The van der Waals surface area contributed by atoms with Gasteiger partial charge in [-0.1, -0.05) is 4.98 Å². The summed E-state index contributed by atoms with van der Waals surface area (Å²) in [6, 6.07) is 0. The standard InChI is InChI=1S/C11H14N8O3/c1-8-9(6-14-17(8)2)5-13-15-10(20)3-4-18-7-12-11(16-18)19(21)22/h5-7H,3-4H2,1-2H3,(H,15,20). The van der Waals surface area contributed by atoms with E-state index in [9.17, 15) is 14.9 Å². The van der Waals surface area contributed by atoms with Crippen LogP contribution in [0.25, 0.3) is 0 Å². The molecule has 0 aliphatic rings. The Kier molecular flexibility index (Phi) is 4.56. The molecule has 11 nitrogen and oxygen atoms in total. The molecule has 0 atom stereocenters. The predicted octanol–water partition coefficient (Wildman–Crippen LogP) is -0.231. The Hall–Kier alpha value is -3.11. The average molecular weight is 306 g/mol. The lowest BCUT2D eigenvalue weighted by Crippen LogP contribution is -2.19. The van der Waals surface area contributed by atoms with Gasteiger partial charge in [-0.3, -0.25) is 9.48 Å². The van der Waals surface area contributed by atoms with Crippen molar-refractivity contribution in [2.24, 2.45) is 12.1 Å². The number of aryl methyl sites for hydroxylation is 2. The number of nitrogens with one attached hydrogen (secondary N) is 1. The minimum Gasteiger partial charge on any atom is -0.390 e. The van der Waals surface area contributed by atoms with Gasteiger partial charge in [0, 0.05) is 29.8 Å². The first-order valence-corrected chi connectivity index (χ1v) is 6.31. The maximum atomic E-state index is 11.6. The topological polar surface area (TPSA) is 133 Å². The summed E-state index contributed by atoms with van der Waals surface area (Å²) in [4.78, 5) is 24.8. The quantitative estimate of drug-likeness (QED) is 0.445. The van der Waals surface area contributed by atoms with Crippen LogP contribution in [0.1, 0.15) is 17.7 Å². The highest BCUT2D eigenvalue weighted by molar-refractivity contribution is 5.83. The molecular formula is C11H14N8O3. The molecule has 0 aliphatic heterocycles. The summed E-state index contributed by atoms with van der Waals surface area (Å²) in [5, 5.41) is 21.9. The molecule has 0 radical (unpaired) electrons. The first kappa shape index (κ1) is 15.3. The number of rotatable bonds is 6. The van der Waals surface area contributed by atoms with E-state index < -0.39 is 10.9 Å². The van der Waals surface area contributed by atoms with Gasteiger partial charge in [-0.25, -0.2) is 5.43 Å². The molecule has 0 saturated carbocycles. The Bertz CT molecular complexity index is 717. The summed E-state index contributed by atoms with van der Waals surface area (Å²) in [5.41, 5.74) is 4.09. The second kappa shape index (κ2) is 6.56. The third-order valence-electron chi connectivity index (χ3n) is 2.92. The van der Waals surface area contributed by atoms with E-state index in [0.717, 1.165) is 11.3 Å². The van der Waals surface area contributed by atoms with Crippen LogP contribution in [0.3, 0.4) is 0 Å². The van der Waals surface area contributed by atoms with E-state index in [1.807, 2.05) is 14.0 Å². The van der Waals surface area contributed by atoms with Gasteiger partial charge in [-0.15, -0.1) is 0 Å². The van der Waals surface area contributed by atoms with Crippen molar-refractivity contribution < 1.29 is 9.72 Å². The van der Waals surface area contributed by atoms with Gasteiger partial charge < -0.3 is 10.1 Å². The highest BCUT2D eigenvalue weighted by Crippen LogP contribution is 2.02. The molecule has 2 aromatic heterocycles. The van der Waals surface area contributed by atoms with Gasteiger partial charge in [0.2, 0.25) is 12.2 Å². The van der Waals surface area contributed by atoms with Crippen molar-refractivity contribution in [3.05, 3.63) is 33.9 Å². The van der Waals surface area contributed by atoms with Crippen LogP contribution in [0.15, 0.2) is 17.6 Å². The van der Waals surface area contributed by atoms with E-state index in [2.05, 4.69) is 25.7 Å². The lowest BCUT2D eigenvalue weighted by Gasteiger charge is -1.98. The fourth-order valence-corrected chi connectivity index (χ4v) is 1.56. The molecule has 2 rings (SSSR count). The summed E-state index contributed by atoms with van der Waals surface area (Å²) in [5.74, 6) is -0.832. The fraction of sp³-hybridized carbons (Fsp3) is 0.364. The van der Waals surface area contributed by atoms with Crippen molar-refractivity contribution in [2.45, 2.75) is 19.9 Å². The minimum absolute atomic E-state index is 0.0733. The largest absolute Gasteiger partial charge is 0.490 e. The lowest BCUT2D eigenvalue weighted by atomic mass is 10.3. The van der Waals surface area contributed by atoms with E-state index in [-0.39, 0.29) is 18.9 Å². The van der Waals surface area contributed by atoms with Gasteiger partial charge in [0.1, 0.15) is 0 Å². The van der Waals surface area contributed by atoms with Crippen LogP contribution in [0, 0.1) is 17.0 Å². The minimum atomic E-state index is -0.697. The van der Waals surface area contributed by atoms with Gasteiger partial charge >= 0.3 is 5.95 Å². The SMILES string of the molecule is Cc1c(C=NNC(=O)CCn2cnc([N+](=O)[O-])n2)cnn1C. The Morgan fingerprint density at radius 1 is 1.59 bits per heavy atom. The van der Waals surface area contributed by atoms with E-state index in [1.54, 1.807) is 10.9 Å². The van der Waals surface area contributed by atoms with Crippen molar-refractivity contribution in [1.29, 1.82) is 0 Å². The van der Waals surface area contributed by atoms with Crippen molar-refractivity contribution in [3.63, 3.8) is 0 Å². The highest BCUT2D eigenvalue weighted by atomic mass is 16.6. The van der Waals surface area contributed by atoms with Crippen LogP contribution in [0.5, 0.6) is 0 Å². The molecule has 0 unspecified atom stereocenters. The molecule has 116 valence electrons.